The van der Waals surface area contributed by atoms with E-state index in [1.165, 1.54) is 7.11 Å². The van der Waals surface area contributed by atoms with Crippen LogP contribution < -0.4 is 0 Å². The van der Waals surface area contributed by atoms with E-state index in [4.69, 9.17) is 0 Å². The average molecular weight is 117 g/mol. The number of hydrogen-bond acceptors (Lipinski definition) is 2. The molecule has 2 nitrogen and oxygen atoms in total. The number of carbonyl (C=O) groups excluding carboxylic acids is 1. The molecule has 0 aromatic rings. The Morgan fingerprint density at radius 3 is 2.75 bits per heavy atom. The summed E-state index contributed by atoms with van der Waals surface area (Å²) in [7, 11) is 1.41. The Labute approximate surface area is 51.3 Å². The van der Waals surface area contributed by atoms with Gasteiger partial charge in [-0.05, 0) is 6.42 Å². The monoisotopic (exact) mass is 117 g/mol. The van der Waals surface area contributed by atoms with E-state index in [-0.39, 0.29) is 7.40 Å². The molecule has 0 heterocycles. The fourth-order valence-electron chi connectivity index (χ4n) is 0.423. The van der Waals surface area contributed by atoms with Gasteiger partial charge < -0.3 is 4.74 Å². The fraction of sp³-hybridized carbons (Fsp3) is 0.833. The average Bonchev–Trinajstić information content (AvgIpc) is 1.83. The van der Waals surface area contributed by atoms with Crippen LogP contribution >= 0.6 is 0 Å². The summed E-state index contributed by atoms with van der Waals surface area (Å²) in [6, 6.07) is 0. The van der Waals surface area contributed by atoms with Crippen molar-refractivity contribution in [1.29, 1.82) is 0 Å². The van der Waals surface area contributed by atoms with Crippen molar-refractivity contribution in [1.82, 2.24) is 0 Å². The number of unbranched alkanes of at least 4 members (excludes halogenated alkanes) is 1. The van der Waals surface area contributed by atoms with Gasteiger partial charge in [-0.15, -0.1) is 0 Å². The largest absolute Gasteiger partial charge is 1.00 e. The Hall–Kier alpha value is -0.530. The molecule has 0 aromatic heterocycles. The van der Waals surface area contributed by atoms with Crippen LogP contribution in [0.5, 0.6) is 0 Å². The van der Waals surface area contributed by atoms with Gasteiger partial charge in [0.2, 0.25) is 0 Å². The smallest absolute Gasteiger partial charge is 0.469 e. The maximum atomic E-state index is 10.3. The Balaban J connectivity index is 0. The highest BCUT2D eigenvalue weighted by atomic mass is 16.5. The molecule has 0 aliphatic heterocycles. The lowest BCUT2D eigenvalue weighted by atomic mass is 10.3. The zero-order chi connectivity index (χ0) is 6.41. The summed E-state index contributed by atoms with van der Waals surface area (Å²) >= 11 is 0. The van der Waals surface area contributed by atoms with Crippen LogP contribution in [0.25, 0.3) is 0 Å². The number of methoxy groups -OCH3 is 1. The second-order valence-corrected chi connectivity index (χ2v) is 1.68. The third-order valence-corrected chi connectivity index (χ3v) is 0.962. The summed E-state index contributed by atoms with van der Waals surface area (Å²) in [5.74, 6) is -0.105. The Bertz CT molecular complexity index is 73.5. The first-order valence-corrected chi connectivity index (χ1v) is 2.88. The van der Waals surface area contributed by atoms with Gasteiger partial charge in [-0.2, -0.15) is 0 Å². The summed E-state index contributed by atoms with van der Waals surface area (Å²) in [6.45, 7) is 2.04. The number of rotatable bonds is 3. The van der Waals surface area contributed by atoms with Crippen LogP contribution in [0.15, 0.2) is 0 Å². The van der Waals surface area contributed by atoms with Crippen LogP contribution in [0.3, 0.4) is 0 Å². The molecule has 0 saturated carbocycles. The molecular weight excluding hydrogens is 104 g/mol. The molecule has 0 spiro atoms. The van der Waals surface area contributed by atoms with Crippen molar-refractivity contribution in [2.45, 2.75) is 26.2 Å². The van der Waals surface area contributed by atoms with Gasteiger partial charge in [-0.3, -0.25) is 4.79 Å². The van der Waals surface area contributed by atoms with Gasteiger partial charge in [0.05, 0.1) is 7.11 Å². The van der Waals surface area contributed by atoms with E-state index < -0.39 is 0 Å². The molecule has 2 heteroatoms. The van der Waals surface area contributed by atoms with Crippen LogP contribution in [0.2, 0.25) is 0 Å². The van der Waals surface area contributed by atoms with E-state index in [1.807, 2.05) is 6.92 Å². The molecule has 0 amide bonds. The normalized spacial score (nSPS) is 8.75. The molecule has 0 bridgehead atoms. The minimum absolute atomic E-state index is 0. The summed E-state index contributed by atoms with van der Waals surface area (Å²) in [4.78, 5) is 10.3. The molecule has 0 rings (SSSR count). The Morgan fingerprint density at radius 2 is 2.38 bits per heavy atom. The van der Waals surface area contributed by atoms with Gasteiger partial charge in [0.15, 0.2) is 0 Å². The van der Waals surface area contributed by atoms with E-state index in [0.29, 0.717) is 6.42 Å². The first-order chi connectivity index (χ1) is 3.81. The van der Waals surface area contributed by atoms with Gasteiger partial charge in [0.1, 0.15) is 0 Å². The summed E-state index contributed by atoms with van der Waals surface area (Å²) < 4.78 is 4.41. The molecular formula is C6H13O2+. The van der Waals surface area contributed by atoms with Gasteiger partial charge in [0, 0.05) is 6.42 Å². The summed E-state index contributed by atoms with van der Waals surface area (Å²) in [6.07, 6.45) is 2.55. The van der Waals surface area contributed by atoms with Gasteiger partial charge >= 0.3 is 7.40 Å². The number of hydrogen-bond donors (Lipinski definition) is 0. The summed E-state index contributed by atoms with van der Waals surface area (Å²) in [5, 5.41) is 0. The molecule has 0 aliphatic carbocycles. The lowest BCUT2D eigenvalue weighted by molar-refractivity contribution is -0.140. The molecule has 0 unspecified atom stereocenters. The predicted molar refractivity (Wildman–Crippen MR) is 32.7 cm³/mol. The fourth-order valence-corrected chi connectivity index (χ4v) is 0.423. The van der Waals surface area contributed by atoms with Gasteiger partial charge in [-0.25, -0.2) is 0 Å². The highest BCUT2D eigenvalue weighted by Crippen LogP contribution is 1.94. The molecule has 0 fully saturated rings. The van der Waals surface area contributed by atoms with Gasteiger partial charge in [-0.1, -0.05) is 13.3 Å². The second-order valence-electron chi connectivity index (χ2n) is 1.68. The summed E-state index contributed by atoms with van der Waals surface area (Å²) in [5.41, 5.74) is 0. The molecule has 0 aromatic carbocycles. The minimum atomic E-state index is -0.105. The van der Waals surface area contributed by atoms with Crippen molar-refractivity contribution in [2.24, 2.45) is 0 Å². The lowest BCUT2D eigenvalue weighted by Gasteiger charge is -1.93. The van der Waals surface area contributed by atoms with Gasteiger partial charge in [0.25, 0.3) is 0 Å². The predicted octanol–water partition coefficient (Wildman–Crippen LogP) is 1.46. The quantitative estimate of drug-likeness (QED) is 0.523. The molecule has 0 aliphatic rings. The van der Waals surface area contributed by atoms with E-state index in [9.17, 15) is 4.79 Å². The van der Waals surface area contributed by atoms with Crippen LogP contribution in [0.4, 0.5) is 0 Å². The third-order valence-electron chi connectivity index (χ3n) is 0.962. The SMILES string of the molecule is CCCCC(=O)OC.[H+]. The highest BCUT2D eigenvalue weighted by Gasteiger charge is 1.95. The van der Waals surface area contributed by atoms with E-state index in [1.54, 1.807) is 0 Å². The number of carbonyl (C=O) groups is 1. The Kier molecular flexibility index (Phi) is 4.32. The van der Waals surface area contributed by atoms with E-state index >= 15 is 0 Å². The van der Waals surface area contributed by atoms with Crippen molar-refractivity contribution in [2.75, 3.05) is 7.11 Å². The maximum Gasteiger partial charge on any atom is 1.00 e. The van der Waals surface area contributed by atoms with Crippen LogP contribution in [0.1, 0.15) is 27.6 Å². The molecule has 48 valence electrons. The van der Waals surface area contributed by atoms with Crippen molar-refractivity contribution < 1.29 is 11.0 Å². The first kappa shape index (κ1) is 7.47. The minimum Gasteiger partial charge on any atom is -0.469 e. The maximum absolute atomic E-state index is 10.3. The second kappa shape index (κ2) is 4.62. The highest BCUT2D eigenvalue weighted by molar-refractivity contribution is 5.68. The first-order valence-electron chi connectivity index (χ1n) is 2.88. The zero-order valence-corrected chi connectivity index (χ0v) is 5.44. The lowest BCUT2D eigenvalue weighted by Crippen LogP contribution is -1.98. The molecule has 0 atom stereocenters. The topological polar surface area (TPSA) is 26.3 Å². The van der Waals surface area contributed by atoms with Crippen molar-refractivity contribution in [3.8, 4) is 0 Å². The Morgan fingerprint density at radius 1 is 1.75 bits per heavy atom. The van der Waals surface area contributed by atoms with Crippen molar-refractivity contribution in [3.05, 3.63) is 0 Å². The zero-order valence-electron chi connectivity index (χ0n) is 6.44. The number of esters is 1. The number of ether oxygens (including phenoxy) is 1. The van der Waals surface area contributed by atoms with Crippen LogP contribution in [-0.2, 0) is 9.53 Å². The van der Waals surface area contributed by atoms with E-state index in [0.717, 1.165) is 12.8 Å². The van der Waals surface area contributed by atoms with Crippen LogP contribution in [-0.4, -0.2) is 13.1 Å². The molecule has 0 radical (unpaired) electrons. The van der Waals surface area contributed by atoms with Crippen molar-refractivity contribution >= 4 is 5.97 Å². The standard InChI is InChI=1S/C6H12O2/c1-3-4-5-6(7)8-2/h3-5H2,1-2H3/p+1. The third kappa shape index (κ3) is 3.65. The molecule has 0 N–H and O–H groups in total. The van der Waals surface area contributed by atoms with E-state index in [2.05, 4.69) is 4.74 Å². The molecule has 8 heavy (non-hydrogen) atoms. The van der Waals surface area contributed by atoms with Crippen LogP contribution in [0, 0.1) is 0 Å². The molecule has 0 saturated heterocycles. The van der Waals surface area contributed by atoms with Crippen molar-refractivity contribution in [3.63, 3.8) is 0 Å².